The van der Waals surface area contributed by atoms with Crippen LogP contribution in [-0.2, 0) is 5.60 Å². The second-order valence-corrected chi connectivity index (χ2v) is 4.90. The molecular weight excluding hydrogens is 232 g/mol. The molecule has 1 heterocycles. The summed E-state index contributed by atoms with van der Waals surface area (Å²) in [5, 5.41) is 11.1. The van der Waals surface area contributed by atoms with Crippen LogP contribution < -0.4 is 0 Å². The van der Waals surface area contributed by atoms with Gasteiger partial charge in [0.25, 0.3) is 0 Å². The molecule has 1 aromatic carbocycles. The lowest BCUT2D eigenvalue weighted by Crippen LogP contribution is -2.24. The van der Waals surface area contributed by atoms with Crippen molar-refractivity contribution in [3.8, 4) is 0 Å². The van der Waals surface area contributed by atoms with E-state index < -0.39 is 5.60 Å². The maximum atomic E-state index is 10.4. The van der Waals surface area contributed by atoms with E-state index in [-0.39, 0.29) is 0 Å². The normalized spacial score (nSPS) is 14.2. The van der Waals surface area contributed by atoms with Crippen molar-refractivity contribution in [2.24, 2.45) is 0 Å². The Balaban J connectivity index is 2.03. The lowest BCUT2D eigenvalue weighted by Gasteiger charge is -2.22. The van der Waals surface area contributed by atoms with Gasteiger partial charge in [0.2, 0.25) is 0 Å². The van der Waals surface area contributed by atoms with E-state index in [0.29, 0.717) is 10.9 Å². The number of aromatic nitrogens is 2. The third-order valence-corrected chi connectivity index (χ3v) is 3.60. The van der Waals surface area contributed by atoms with Gasteiger partial charge in [-0.25, -0.2) is 9.97 Å². The Bertz CT molecular complexity index is 459. The second-order valence-electron chi connectivity index (χ2n) is 3.96. The topological polar surface area (TPSA) is 46.0 Å². The molecule has 4 heteroatoms. The van der Waals surface area contributed by atoms with Crippen LogP contribution >= 0.6 is 11.8 Å². The van der Waals surface area contributed by atoms with Crippen LogP contribution in [0.3, 0.4) is 0 Å². The molecular formula is C13H14N2OS. The minimum atomic E-state index is -0.870. The number of thioether (sulfide) groups is 1. The number of rotatable bonds is 4. The third kappa shape index (κ3) is 3.28. The summed E-state index contributed by atoms with van der Waals surface area (Å²) in [6.07, 6.45) is 3.40. The number of hydrogen-bond donors (Lipinski definition) is 1. The quantitative estimate of drug-likeness (QED) is 0.665. The molecule has 2 rings (SSSR count). The number of aliphatic hydroxyl groups is 1. The van der Waals surface area contributed by atoms with E-state index in [9.17, 15) is 5.11 Å². The summed E-state index contributed by atoms with van der Waals surface area (Å²) in [6.45, 7) is 1.80. The van der Waals surface area contributed by atoms with Gasteiger partial charge < -0.3 is 5.11 Å². The fraction of sp³-hybridized carbons (Fsp3) is 0.231. The SMILES string of the molecule is CC(O)(CSc1ncccn1)c1ccccc1. The average Bonchev–Trinajstić information content (AvgIpc) is 2.39. The molecule has 0 spiro atoms. The molecule has 2 aromatic rings. The Kier molecular flexibility index (Phi) is 3.76. The summed E-state index contributed by atoms with van der Waals surface area (Å²) >= 11 is 1.45. The second kappa shape index (κ2) is 5.29. The van der Waals surface area contributed by atoms with Gasteiger partial charge in [-0.05, 0) is 18.6 Å². The van der Waals surface area contributed by atoms with E-state index >= 15 is 0 Å². The molecule has 88 valence electrons. The first kappa shape index (κ1) is 12.1. The van der Waals surface area contributed by atoms with Gasteiger partial charge in [-0.1, -0.05) is 42.1 Å². The molecule has 0 radical (unpaired) electrons. The Morgan fingerprint density at radius 1 is 1.12 bits per heavy atom. The van der Waals surface area contributed by atoms with Crippen molar-refractivity contribution >= 4 is 11.8 Å². The van der Waals surface area contributed by atoms with E-state index in [2.05, 4.69) is 9.97 Å². The van der Waals surface area contributed by atoms with E-state index in [1.165, 1.54) is 11.8 Å². The molecule has 0 aliphatic carbocycles. The molecule has 0 bridgehead atoms. The molecule has 1 unspecified atom stereocenters. The van der Waals surface area contributed by atoms with Gasteiger partial charge in [0.1, 0.15) is 0 Å². The number of nitrogens with zero attached hydrogens (tertiary/aromatic N) is 2. The lowest BCUT2D eigenvalue weighted by atomic mass is 9.99. The van der Waals surface area contributed by atoms with Crippen LogP contribution in [0.25, 0.3) is 0 Å². The first-order chi connectivity index (χ1) is 8.18. The third-order valence-electron chi connectivity index (χ3n) is 2.42. The first-order valence-corrected chi connectivity index (χ1v) is 6.35. The zero-order chi connectivity index (χ0) is 12.1. The molecule has 1 N–H and O–H groups in total. The maximum Gasteiger partial charge on any atom is 0.187 e. The van der Waals surface area contributed by atoms with Gasteiger partial charge in [-0.2, -0.15) is 0 Å². The van der Waals surface area contributed by atoms with Crippen molar-refractivity contribution in [1.29, 1.82) is 0 Å². The molecule has 3 nitrogen and oxygen atoms in total. The van der Waals surface area contributed by atoms with Crippen molar-refractivity contribution in [2.45, 2.75) is 17.7 Å². The minimum absolute atomic E-state index is 0.529. The fourth-order valence-corrected chi connectivity index (χ4v) is 2.29. The lowest BCUT2D eigenvalue weighted by molar-refractivity contribution is 0.0839. The smallest absolute Gasteiger partial charge is 0.187 e. The number of benzene rings is 1. The van der Waals surface area contributed by atoms with Crippen molar-refractivity contribution in [3.63, 3.8) is 0 Å². The number of hydrogen-bond acceptors (Lipinski definition) is 4. The van der Waals surface area contributed by atoms with Gasteiger partial charge in [-0.15, -0.1) is 0 Å². The standard InChI is InChI=1S/C13H14N2OS/c1-13(16,11-6-3-2-4-7-11)10-17-12-14-8-5-9-15-12/h2-9,16H,10H2,1H3. The summed E-state index contributed by atoms with van der Waals surface area (Å²) in [5.74, 6) is 0.529. The Hall–Kier alpha value is -1.39. The van der Waals surface area contributed by atoms with E-state index in [4.69, 9.17) is 0 Å². The van der Waals surface area contributed by atoms with E-state index in [0.717, 1.165) is 5.56 Å². The van der Waals surface area contributed by atoms with E-state index in [1.807, 2.05) is 30.3 Å². The largest absolute Gasteiger partial charge is 0.385 e. The Morgan fingerprint density at radius 3 is 2.41 bits per heavy atom. The van der Waals surface area contributed by atoms with Crippen LogP contribution in [0.5, 0.6) is 0 Å². The van der Waals surface area contributed by atoms with Crippen molar-refractivity contribution in [3.05, 3.63) is 54.4 Å². The zero-order valence-corrected chi connectivity index (χ0v) is 10.4. The summed E-state index contributed by atoms with van der Waals surface area (Å²) in [4.78, 5) is 8.23. The minimum Gasteiger partial charge on any atom is -0.385 e. The predicted octanol–water partition coefficient (Wildman–Crippen LogP) is 2.48. The molecule has 0 saturated carbocycles. The summed E-state index contributed by atoms with van der Waals surface area (Å²) in [6, 6.07) is 11.4. The summed E-state index contributed by atoms with van der Waals surface area (Å²) in [7, 11) is 0. The summed E-state index contributed by atoms with van der Waals surface area (Å²) in [5.41, 5.74) is 0.0360. The van der Waals surface area contributed by atoms with Crippen LogP contribution in [0, 0.1) is 0 Å². The van der Waals surface area contributed by atoms with Gasteiger partial charge >= 0.3 is 0 Å². The van der Waals surface area contributed by atoms with E-state index in [1.54, 1.807) is 25.4 Å². The highest BCUT2D eigenvalue weighted by molar-refractivity contribution is 7.99. The molecule has 17 heavy (non-hydrogen) atoms. The zero-order valence-electron chi connectivity index (χ0n) is 9.58. The van der Waals surface area contributed by atoms with Crippen LogP contribution in [0.2, 0.25) is 0 Å². The molecule has 0 amide bonds. The highest BCUT2D eigenvalue weighted by Crippen LogP contribution is 2.27. The maximum absolute atomic E-state index is 10.4. The van der Waals surface area contributed by atoms with Crippen LogP contribution in [-0.4, -0.2) is 20.8 Å². The van der Waals surface area contributed by atoms with Gasteiger partial charge in [0.15, 0.2) is 5.16 Å². The summed E-state index contributed by atoms with van der Waals surface area (Å²) < 4.78 is 0. The van der Waals surface area contributed by atoms with Crippen molar-refractivity contribution in [1.82, 2.24) is 9.97 Å². The Labute approximate surface area is 105 Å². The van der Waals surface area contributed by atoms with Gasteiger partial charge in [0, 0.05) is 18.1 Å². The first-order valence-electron chi connectivity index (χ1n) is 5.36. The molecule has 0 aliphatic rings. The fourth-order valence-electron chi connectivity index (χ4n) is 1.45. The highest BCUT2D eigenvalue weighted by atomic mass is 32.2. The Morgan fingerprint density at radius 2 is 1.76 bits per heavy atom. The van der Waals surface area contributed by atoms with Gasteiger partial charge in [0.05, 0.1) is 5.60 Å². The molecule has 0 saturated heterocycles. The molecule has 0 fully saturated rings. The molecule has 1 atom stereocenters. The average molecular weight is 246 g/mol. The van der Waals surface area contributed by atoms with Crippen LogP contribution in [0.1, 0.15) is 12.5 Å². The van der Waals surface area contributed by atoms with Gasteiger partial charge in [-0.3, -0.25) is 0 Å². The van der Waals surface area contributed by atoms with Crippen LogP contribution in [0.4, 0.5) is 0 Å². The highest BCUT2D eigenvalue weighted by Gasteiger charge is 2.23. The van der Waals surface area contributed by atoms with Crippen LogP contribution in [0.15, 0.2) is 53.9 Å². The predicted molar refractivity (Wildman–Crippen MR) is 68.8 cm³/mol. The van der Waals surface area contributed by atoms with Crippen molar-refractivity contribution < 1.29 is 5.11 Å². The molecule has 0 aliphatic heterocycles. The van der Waals surface area contributed by atoms with Crippen molar-refractivity contribution in [2.75, 3.05) is 5.75 Å². The molecule has 1 aromatic heterocycles. The monoisotopic (exact) mass is 246 g/mol.